The summed E-state index contributed by atoms with van der Waals surface area (Å²) in [6.07, 6.45) is 8.44. The highest BCUT2D eigenvalue weighted by molar-refractivity contribution is 7.99. The van der Waals surface area contributed by atoms with E-state index in [2.05, 4.69) is 39.8 Å². The number of carbonyl (C=O) groups is 1. The molecule has 0 unspecified atom stereocenters. The lowest BCUT2D eigenvalue weighted by atomic mass is 9.48. The van der Waals surface area contributed by atoms with Gasteiger partial charge in [0.05, 0.1) is 5.75 Å². The van der Waals surface area contributed by atoms with Gasteiger partial charge >= 0.3 is 0 Å². The number of nitrogens with zero attached hydrogens (tertiary/aromatic N) is 2. The molecule has 0 radical (unpaired) electrons. The Morgan fingerprint density at radius 2 is 1.61 bits per heavy atom. The van der Waals surface area contributed by atoms with Crippen LogP contribution in [0.3, 0.4) is 0 Å². The van der Waals surface area contributed by atoms with Crippen molar-refractivity contribution in [1.82, 2.24) is 10.2 Å². The molecule has 5 nitrogen and oxygen atoms in total. The highest BCUT2D eigenvalue weighted by atomic mass is 32.2. The third-order valence-electron chi connectivity index (χ3n) is 7.85. The van der Waals surface area contributed by atoms with Gasteiger partial charge in [-0.25, -0.2) is 0 Å². The molecule has 4 fully saturated rings. The van der Waals surface area contributed by atoms with Crippen molar-refractivity contribution >= 4 is 23.4 Å². The van der Waals surface area contributed by atoms with Crippen molar-refractivity contribution in [2.24, 2.45) is 17.8 Å². The summed E-state index contributed by atoms with van der Waals surface area (Å²) in [6, 6.07) is 16.6. The number of aryl methyl sites for hydroxylation is 1. The van der Waals surface area contributed by atoms with Crippen LogP contribution >= 0.6 is 11.8 Å². The fourth-order valence-corrected chi connectivity index (χ4v) is 7.34. The minimum absolute atomic E-state index is 0.0716. The molecule has 6 heteroatoms. The van der Waals surface area contributed by atoms with Gasteiger partial charge < -0.3 is 9.73 Å². The van der Waals surface area contributed by atoms with E-state index in [0.717, 1.165) is 29.0 Å². The van der Waals surface area contributed by atoms with E-state index in [1.807, 2.05) is 31.2 Å². The number of benzene rings is 2. The van der Waals surface area contributed by atoms with Gasteiger partial charge in [0.2, 0.25) is 11.8 Å². The molecular formula is C27H29N3O2S. The largest absolute Gasteiger partial charge is 0.411 e. The molecule has 33 heavy (non-hydrogen) atoms. The number of carbonyl (C=O) groups excluding carboxylic acids is 1. The lowest BCUT2D eigenvalue weighted by Crippen LogP contribution is -2.48. The molecule has 1 N–H and O–H groups in total. The van der Waals surface area contributed by atoms with E-state index in [1.165, 1.54) is 61.4 Å². The van der Waals surface area contributed by atoms with E-state index < -0.39 is 0 Å². The molecule has 3 aromatic rings. The van der Waals surface area contributed by atoms with Gasteiger partial charge in [-0.2, -0.15) is 0 Å². The summed E-state index contributed by atoms with van der Waals surface area (Å²) in [7, 11) is 0. The molecule has 4 aliphatic rings. The molecule has 4 aliphatic carbocycles. The van der Waals surface area contributed by atoms with Crippen LogP contribution in [0.25, 0.3) is 11.5 Å². The van der Waals surface area contributed by atoms with E-state index in [4.69, 9.17) is 4.42 Å². The Labute approximate surface area is 198 Å². The maximum absolute atomic E-state index is 12.5. The number of hydrogen-bond donors (Lipinski definition) is 1. The average Bonchev–Trinajstić information content (AvgIpc) is 3.27. The first kappa shape index (κ1) is 21.0. The van der Waals surface area contributed by atoms with Gasteiger partial charge in [-0.05, 0) is 98.4 Å². The van der Waals surface area contributed by atoms with Gasteiger partial charge in [-0.3, -0.25) is 4.79 Å². The second kappa shape index (κ2) is 8.32. The second-order valence-electron chi connectivity index (χ2n) is 10.4. The predicted molar refractivity (Wildman–Crippen MR) is 130 cm³/mol. The van der Waals surface area contributed by atoms with E-state index >= 15 is 0 Å². The third-order valence-corrected chi connectivity index (χ3v) is 8.67. The first-order valence-corrected chi connectivity index (χ1v) is 13.0. The SMILES string of the molecule is Cc1ccc(-c2nnc(SCC(=O)Nc3ccc(C45CC6CC(CC(C6)C4)C5)cc3)o2)cc1. The molecule has 0 aliphatic heterocycles. The molecule has 4 bridgehead atoms. The van der Waals surface area contributed by atoms with Gasteiger partial charge in [-0.15, -0.1) is 10.2 Å². The molecular weight excluding hydrogens is 430 g/mol. The summed E-state index contributed by atoms with van der Waals surface area (Å²) in [6.45, 7) is 2.04. The molecule has 170 valence electrons. The zero-order chi connectivity index (χ0) is 22.4. The van der Waals surface area contributed by atoms with Crippen LogP contribution < -0.4 is 5.32 Å². The topological polar surface area (TPSA) is 68.0 Å². The fraction of sp³-hybridized carbons (Fsp3) is 0.444. The number of thioether (sulfide) groups is 1. The van der Waals surface area contributed by atoms with Crippen LogP contribution in [0.2, 0.25) is 0 Å². The molecule has 2 aromatic carbocycles. The lowest BCUT2D eigenvalue weighted by molar-refractivity contribution is -0.113. The van der Waals surface area contributed by atoms with Crippen molar-refractivity contribution in [1.29, 1.82) is 0 Å². The standard InChI is InChI=1S/C27H29N3O2S/c1-17-2-4-21(5-3-17)25-29-30-26(32-25)33-16-24(31)28-23-8-6-22(7-9-23)27-13-18-10-19(14-27)12-20(11-18)15-27/h2-9,18-20H,10-16H2,1H3,(H,28,31). The van der Waals surface area contributed by atoms with E-state index in [0.29, 0.717) is 16.5 Å². The number of nitrogens with one attached hydrogen (secondary N) is 1. The van der Waals surface area contributed by atoms with Crippen LogP contribution in [0.1, 0.15) is 49.7 Å². The normalized spacial score (nSPS) is 27.6. The monoisotopic (exact) mass is 459 g/mol. The van der Waals surface area contributed by atoms with Crippen molar-refractivity contribution in [2.45, 2.75) is 56.1 Å². The van der Waals surface area contributed by atoms with E-state index in [1.54, 1.807) is 0 Å². The van der Waals surface area contributed by atoms with Crippen molar-refractivity contribution < 1.29 is 9.21 Å². The number of hydrogen-bond acceptors (Lipinski definition) is 5. The highest BCUT2D eigenvalue weighted by Gasteiger charge is 2.51. The molecule has 1 amide bonds. The molecule has 1 aromatic heterocycles. The molecule has 7 rings (SSSR count). The van der Waals surface area contributed by atoms with Crippen molar-refractivity contribution in [2.75, 3.05) is 11.1 Å². The third kappa shape index (κ3) is 4.21. The fourth-order valence-electron chi connectivity index (χ4n) is 6.78. The lowest BCUT2D eigenvalue weighted by Gasteiger charge is -2.57. The van der Waals surface area contributed by atoms with Crippen LogP contribution in [-0.4, -0.2) is 21.9 Å². The summed E-state index contributed by atoms with van der Waals surface area (Å²) in [5, 5.41) is 11.6. The second-order valence-corrected chi connectivity index (χ2v) is 11.3. The number of aromatic nitrogens is 2. The summed E-state index contributed by atoms with van der Waals surface area (Å²) in [4.78, 5) is 12.5. The first-order chi connectivity index (χ1) is 16.0. The van der Waals surface area contributed by atoms with Crippen LogP contribution in [-0.2, 0) is 10.2 Å². The zero-order valence-electron chi connectivity index (χ0n) is 18.9. The Kier molecular flexibility index (Phi) is 5.28. The van der Waals surface area contributed by atoms with Gasteiger partial charge in [0.15, 0.2) is 0 Å². The maximum atomic E-state index is 12.5. The Balaban J connectivity index is 1.05. The smallest absolute Gasteiger partial charge is 0.277 e. The molecule has 0 saturated heterocycles. The van der Waals surface area contributed by atoms with E-state index in [9.17, 15) is 4.79 Å². The predicted octanol–water partition coefficient (Wildman–Crippen LogP) is 6.24. The summed E-state index contributed by atoms with van der Waals surface area (Å²) < 4.78 is 5.70. The number of anilines is 1. The first-order valence-electron chi connectivity index (χ1n) is 12.0. The average molecular weight is 460 g/mol. The van der Waals surface area contributed by atoms with Gasteiger partial charge in [0.1, 0.15) is 0 Å². The molecule has 0 atom stereocenters. The Morgan fingerprint density at radius 1 is 0.970 bits per heavy atom. The number of amides is 1. The maximum Gasteiger partial charge on any atom is 0.277 e. The van der Waals surface area contributed by atoms with Gasteiger partial charge in [-0.1, -0.05) is 41.6 Å². The summed E-state index contributed by atoms with van der Waals surface area (Å²) >= 11 is 1.26. The Morgan fingerprint density at radius 3 is 2.24 bits per heavy atom. The van der Waals surface area contributed by atoms with Gasteiger partial charge in [0, 0.05) is 11.3 Å². The molecule has 1 heterocycles. The highest BCUT2D eigenvalue weighted by Crippen LogP contribution is 2.60. The van der Waals surface area contributed by atoms with Crippen molar-refractivity contribution in [3.05, 3.63) is 59.7 Å². The number of rotatable bonds is 6. The molecule has 0 spiro atoms. The van der Waals surface area contributed by atoms with Crippen molar-refractivity contribution in [3.8, 4) is 11.5 Å². The molecule has 4 saturated carbocycles. The van der Waals surface area contributed by atoms with E-state index in [-0.39, 0.29) is 11.7 Å². The summed E-state index contributed by atoms with van der Waals surface area (Å²) in [5.41, 5.74) is 4.77. The quantitative estimate of drug-likeness (QED) is 0.442. The van der Waals surface area contributed by atoms with Gasteiger partial charge in [0.25, 0.3) is 5.22 Å². The minimum atomic E-state index is -0.0716. The van der Waals surface area contributed by atoms with Crippen LogP contribution in [0, 0.1) is 24.7 Å². The summed E-state index contributed by atoms with van der Waals surface area (Å²) in [5.74, 6) is 3.43. The Hall–Kier alpha value is -2.60. The van der Waals surface area contributed by atoms with Crippen LogP contribution in [0.4, 0.5) is 5.69 Å². The van der Waals surface area contributed by atoms with Crippen LogP contribution in [0.15, 0.2) is 58.2 Å². The minimum Gasteiger partial charge on any atom is -0.411 e. The zero-order valence-corrected chi connectivity index (χ0v) is 19.7. The van der Waals surface area contributed by atoms with Crippen LogP contribution in [0.5, 0.6) is 0 Å². The van der Waals surface area contributed by atoms with Crippen molar-refractivity contribution in [3.63, 3.8) is 0 Å². The Bertz CT molecular complexity index is 1120.